The van der Waals surface area contributed by atoms with E-state index in [2.05, 4.69) is 0 Å². The molecule has 1 aromatic heterocycles. The van der Waals surface area contributed by atoms with Gasteiger partial charge in [0.25, 0.3) is 10.0 Å². The van der Waals surface area contributed by atoms with Crippen molar-refractivity contribution in [2.45, 2.75) is 25.7 Å². The van der Waals surface area contributed by atoms with Gasteiger partial charge in [0.2, 0.25) is 0 Å². The van der Waals surface area contributed by atoms with Crippen molar-refractivity contribution in [3.8, 4) is 11.3 Å². The average Bonchev–Trinajstić information content (AvgIpc) is 2.94. The number of ether oxygens (including phenoxy) is 1. The average molecular weight is 383 g/mol. The second-order valence-electron chi connectivity index (χ2n) is 6.10. The van der Waals surface area contributed by atoms with E-state index in [1.165, 1.54) is 3.97 Å². The number of hydrogen-bond acceptors (Lipinski definition) is 4. The Labute approximate surface area is 159 Å². The molecule has 0 amide bonds. The molecule has 0 aliphatic rings. The van der Waals surface area contributed by atoms with Crippen LogP contribution in [0.25, 0.3) is 11.3 Å². The van der Waals surface area contributed by atoms with Gasteiger partial charge in [-0.2, -0.15) is 0 Å². The first kappa shape index (κ1) is 18.9. The number of benzene rings is 2. The summed E-state index contributed by atoms with van der Waals surface area (Å²) in [6.45, 7) is 5.32. The highest BCUT2D eigenvalue weighted by Gasteiger charge is 2.31. The summed E-state index contributed by atoms with van der Waals surface area (Å²) in [7, 11) is -3.89. The van der Waals surface area contributed by atoms with E-state index in [0.717, 1.165) is 0 Å². The summed E-state index contributed by atoms with van der Waals surface area (Å²) < 4.78 is 33.2. The van der Waals surface area contributed by atoms with E-state index < -0.39 is 16.0 Å². The molecule has 0 fully saturated rings. The van der Waals surface area contributed by atoms with Crippen LogP contribution in [0.5, 0.6) is 0 Å². The second-order valence-corrected chi connectivity index (χ2v) is 7.89. The van der Waals surface area contributed by atoms with Crippen LogP contribution in [-0.2, 0) is 14.8 Å². The van der Waals surface area contributed by atoms with Gasteiger partial charge in [0, 0.05) is 5.69 Å². The van der Waals surface area contributed by atoms with E-state index in [1.54, 1.807) is 51.1 Å². The zero-order chi connectivity index (χ0) is 19.6. The maximum atomic E-state index is 13.4. The Bertz CT molecular complexity index is 1070. The van der Waals surface area contributed by atoms with Gasteiger partial charge in [-0.15, -0.1) is 0 Å². The van der Waals surface area contributed by atoms with Crippen LogP contribution in [0.1, 0.15) is 28.5 Å². The predicted octanol–water partition coefficient (Wildman–Crippen LogP) is 4.19. The molecule has 140 valence electrons. The van der Waals surface area contributed by atoms with Gasteiger partial charge in [0.05, 0.1) is 22.8 Å². The molecule has 1 heterocycles. The summed E-state index contributed by atoms with van der Waals surface area (Å²) in [6, 6.07) is 17.4. The second kappa shape index (κ2) is 7.40. The molecule has 0 N–H and O–H groups in total. The van der Waals surface area contributed by atoms with Crippen LogP contribution in [0.4, 0.5) is 0 Å². The minimum Gasteiger partial charge on any atom is -0.462 e. The maximum absolute atomic E-state index is 13.4. The lowest BCUT2D eigenvalue weighted by Gasteiger charge is -2.13. The van der Waals surface area contributed by atoms with Gasteiger partial charge in [0.1, 0.15) is 0 Å². The van der Waals surface area contributed by atoms with Gasteiger partial charge in [-0.1, -0.05) is 48.5 Å². The molecule has 5 nitrogen and oxygen atoms in total. The molecular formula is C21H21NO4S. The molecule has 0 radical (unpaired) electrons. The summed E-state index contributed by atoms with van der Waals surface area (Å²) in [5.41, 5.74) is 2.40. The highest BCUT2D eigenvalue weighted by atomic mass is 32.2. The lowest BCUT2D eigenvalue weighted by molar-refractivity contribution is 0.0525. The Kier molecular flexibility index (Phi) is 5.19. The molecule has 0 unspecified atom stereocenters. The van der Waals surface area contributed by atoms with Crippen LogP contribution in [0.15, 0.2) is 65.6 Å². The molecule has 0 aliphatic carbocycles. The topological polar surface area (TPSA) is 65.4 Å². The fraction of sp³-hybridized carbons (Fsp3) is 0.190. The quantitative estimate of drug-likeness (QED) is 0.620. The summed E-state index contributed by atoms with van der Waals surface area (Å²) in [6.07, 6.45) is 0. The Morgan fingerprint density at radius 3 is 2.07 bits per heavy atom. The van der Waals surface area contributed by atoms with Crippen molar-refractivity contribution < 1.29 is 17.9 Å². The van der Waals surface area contributed by atoms with Crippen LogP contribution < -0.4 is 0 Å². The minimum atomic E-state index is -3.89. The van der Waals surface area contributed by atoms with Gasteiger partial charge >= 0.3 is 5.97 Å². The van der Waals surface area contributed by atoms with Gasteiger partial charge in [-0.25, -0.2) is 17.2 Å². The van der Waals surface area contributed by atoms with E-state index in [0.29, 0.717) is 22.5 Å². The first-order valence-corrected chi connectivity index (χ1v) is 10.1. The number of carbonyl (C=O) groups excluding carboxylic acids is 1. The zero-order valence-corrected chi connectivity index (χ0v) is 16.3. The van der Waals surface area contributed by atoms with Crippen molar-refractivity contribution in [2.24, 2.45) is 0 Å². The van der Waals surface area contributed by atoms with Crippen LogP contribution >= 0.6 is 0 Å². The first-order valence-electron chi connectivity index (χ1n) is 8.64. The molecule has 0 atom stereocenters. The zero-order valence-electron chi connectivity index (χ0n) is 15.5. The van der Waals surface area contributed by atoms with Crippen molar-refractivity contribution in [2.75, 3.05) is 6.61 Å². The molecule has 2 aromatic carbocycles. The van der Waals surface area contributed by atoms with Crippen LogP contribution in [0.2, 0.25) is 0 Å². The third kappa shape index (κ3) is 3.28. The van der Waals surface area contributed by atoms with E-state index in [-0.39, 0.29) is 17.1 Å². The Hall–Kier alpha value is -2.86. The monoisotopic (exact) mass is 383 g/mol. The van der Waals surface area contributed by atoms with E-state index in [9.17, 15) is 13.2 Å². The molecule has 0 saturated heterocycles. The summed E-state index contributed by atoms with van der Waals surface area (Å²) in [5.74, 6) is -0.522. The van der Waals surface area contributed by atoms with Gasteiger partial charge in [-0.3, -0.25) is 0 Å². The van der Waals surface area contributed by atoms with Crippen molar-refractivity contribution in [3.05, 3.63) is 77.5 Å². The van der Waals surface area contributed by atoms with Gasteiger partial charge < -0.3 is 4.74 Å². The fourth-order valence-electron chi connectivity index (χ4n) is 3.24. The highest BCUT2D eigenvalue weighted by Crippen LogP contribution is 2.34. The van der Waals surface area contributed by atoms with Gasteiger partial charge in [-0.05, 0) is 44.0 Å². The molecule has 0 saturated carbocycles. The molecule has 6 heteroatoms. The molecule has 0 spiro atoms. The lowest BCUT2D eigenvalue weighted by Crippen LogP contribution is -2.16. The summed E-state index contributed by atoms with van der Waals surface area (Å²) in [4.78, 5) is 12.7. The number of hydrogen-bond donors (Lipinski definition) is 0. The van der Waals surface area contributed by atoms with Crippen molar-refractivity contribution >= 4 is 16.0 Å². The summed E-state index contributed by atoms with van der Waals surface area (Å²) in [5, 5.41) is 0. The number of aromatic nitrogens is 1. The number of nitrogens with zero attached hydrogens (tertiary/aromatic N) is 1. The molecule has 3 aromatic rings. The normalized spacial score (nSPS) is 11.4. The number of rotatable bonds is 5. The molecule has 0 aliphatic heterocycles. The van der Waals surface area contributed by atoms with Crippen LogP contribution in [0, 0.1) is 13.8 Å². The minimum absolute atomic E-state index is 0.163. The molecular weight excluding hydrogens is 362 g/mol. The Morgan fingerprint density at radius 2 is 1.52 bits per heavy atom. The molecule has 0 bridgehead atoms. The van der Waals surface area contributed by atoms with Crippen LogP contribution in [0.3, 0.4) is 0 Å². The Balaban J connectivity index is 2.36. The van der Waals surface area contributed by atoms with Gasteiger partial charge in [0.15, 0.2) is 0 Å². The van der Waals surface area contributed by atoms with Crippen molar-refractivity contribution in [1.29, 1.82) is 0 Å². The van der Waals surface area contributed by atoms with E-state index in [4.69, 9.17) is 4.74 Å². The molecule has 27 heavy (non-hydrogen) atoms. The maximum Gasteiger partial charge on any atom is 0.340 e. The predicted molar refractivity (Wildman–Crippen MR) is 104 cm³/mol. The third-order valence-electron chi connectivity index (χ3n) is 4.41. The van der Waals surface area contributed by atoms with Crippen molar-refractivity contribution in [1.82, 2.24) is 3.97 Å². The number of esters is 1. The third-order valence-corrected chi connectivity index (χ3v) is 6.21. The standard InChI is InChI=1S/C21H21NO4S/c1-4-26-21(23)19-15(2)20(17-11-7-5-8-12-17)22(16(19)3)27(24,25)18-13-9-6-10-14-18/h5-14H,4H2,1-3H3. The first-order chi connectivity index (χ1) is 12.9. The Morgan fingerprint density at radius 1 is 0.963 bits per heavy atom. The highest BCUT2D eigenvalue weighted by molar-refractivity contribution is 7.90. The van der Waals surface area contributed by atoms with Crippen LogP contribution in [-0.4, -0.2) is 25.0 Å². The SMILES string of the molecule is CCOC(=O)c1c(C)c(-c2ccccc2)n(S(=O)(=O)c2ccccc2)c1C. The van der Waals surface area contributed by atoms with E-state index >= 15 is 0 Å². The van der Waals surface area contributed by atoms with E-state index in [1.807, 2.05) is 30.3 Å². The summed E-state index contributed by atoms with van der Waals surface area (Å²) >= 11 is 0. The fourth-order valence-corrected chi connectivity index (χ4v) is 4.89. The smallest absolute Gasteiger partial charge is 0.340 e. The largest absolute Gasteiger partial charge is 0.462 e. The molecule has 3 rings (SSSR count). The number of carbonyl (C=O) groups is 1. The lowest BCUT2D eigenvalue weighted by atomic mass is 10.1. The van der Waals surface area contributed by atoms with Crippen molar-refractivity contribution in [3.63, 3.8) is 0 Å².